The molecule has 4 heterocycles. The number of hydrogen-bond acceptors (Lipinski definition) is 20. The van der Waals surface area contributed by atoms with E-state index in [1.807, 2.05) is 32.0 Å². The van der Waals surface area contributed by atoms with Gasteiger partial charge in [-0.05, 0) is 128 Å². The number of nitriles is 2. The third-order valence-electron chi connectivity index (χ3n) is 11.7. The number of methoxy groups -OCH3 is 2. The first kappa shape index (κ1) is 63.4. The second-order valence-corrected chi connectivity index (χ2v) is 20.5. The fourth-order valence-corrected chi connectivity index (χ4v) is 8.35. The summed E-state index contributed by atoms with van der Waals surface area (Å²) in [5.41, 5.74) is 10.6. The van der Waals surface area contributed by atoms with Crippen molar-refractivity contribution in [1.82, 2.24) is 29.9 Å². The number of carbonyl (C=O) groups is 7. The summed E-state index contributed by atoms with van der Waals surface area (Å²) in [5, 5.41) is 29.3. The summed E-state index contributed by atoms with van der Waals surface area (Å²) in [5.74, 6) is -2.61. The number of nitrogens with zero attached hydrogens (tertiary/aromatic N) is 8. The molecular weight excluding hydrogens is 1150 g/mol. The summed E-state index contributed by atoms with van der Waals surface area (Å²) in [6.45, 7) is 10.9. The van der Waals surface area contributed by atoms with Crippen molar-refractivity contribution in [1.29, 1.82) is 10.5 Å². The highest BCUT2D eigenvalue weighted by molar-refractivity contribution is 9.10. The van der Waals surface area contributed by atoms with Crippen LogP contribution in [0.1, 0.15) is 102 Å². The number of benzene rings is 4. The van der Waals surface area contributed by atoms with Gasteiger partial charge in [-0.2, -0.15) is 23.2 Å². The van der Waals surface area contributed by atoms with Crippen LogP contribution in [0.2, 0.25) is 0 Å². The van der Waals surface area contributed by atoms with E-state index in [2.05, 4.69) is 101 Å². The van der Waals surface area contributed by atoms with Gasteiger partial charge in [-0.1, -0.05) is 48.2 Å². The number of thiol groups is 1. The van der Waals surface area contributed by atoms with Gasteiger partial charge in [0.05, 0.1) is 42.9 Å². The predicted molar refractivity (Wildman–Crippen MR) is 314 cm³/mol. The molecule has 3 aromatic heterocycles. The molecule has 22 nitrogen and oxygen atoms in total. The van der Waals surface area contributed by atoms with Crippen LogP contribution in [0, 0.1) is 36.5 Å². The van der Waals surface area contributed by atoms with E-state index >= 15 is 0 Å². The Balaban J connectivity index is 0.000000224. The Morgan fingerprint density at radius 1 is 0.646 bits per heavy atom. The summed E-state index contributed by atoms with van der Waals surface area (Å²) in [6, 6.07) is 28.8. The van der Waals surface area contributed by atoms with Crippen molar-refractivity contribution in [2.75, 3.05) is 47.0 Å². The molecule has 82 heavy (non-hydrogen) atoms. The van der Waals surface area contributed by atoms with E-state index in [0.717, 1.165) is 34.0 Å². The van der Waals surface area contributed by atoms with Gasteiger partial charge in [-0.3, -0.25) is 24.0 Å². The van der Waals surface area contributed by atoms with Crippen molar-refractivity contribution in [3.63, 3.8) is 0 Å². The van der Waals surface area contributed by atoms with Crippen molar-refractivity contribution < 1.29 is 43.0 Å². The SMILES string of the molecule is COC(=O)c1nccnc1Br.COC(=O)c1nccnc1N.Cc1ccc(NC(=O)c2cccc(C(C)(C)C#N)c2)cc1NC(=O)C1Sc2nccnc2C1=O.Cc1ccc(NC(=O)c2cccc(C(C)(C)C#N)c2)cc1NC(=O)CS. The highest BCUT2D eigenvalue weighted by atomic mass is 79.9. The van der Waals surface area contributed by atoms with Crippen LogP contribution in [0.4, 0.5) is 28.6 Å². The minimum Gasteiger partial charge on any atom is -0.464 e. The molecule has 1 aliphatic heterocycles. The van der Waals surface area contributed by atoms with Gasteiger partial charge in [-0.15, -0.1) is 0 Å². The van der Waals surface area contributed by atoms with Crippen LogP contribution in [-0.4, -0.2) is 96.5 Å². The van der Waals surface area contributed by atoms with Crippen LogP contribution < -0.4 is 27.0 Å². The lowest BCUT2D eigenvalue weighted by Crippen LogP contribution is -2.30. The third kappa shape index (κ3) is 17.0. The Labute approximate surface area is 490 Å². The van der Waals surface area contributed by atoms with Crippen molar-refractivity contribution >= 4 is 110 Å². The molecule has 7 aromatic rings. The van der Waals surface area contributed by atoms with Gasteiger partial charge >= 0.3 is 11.9 Å². The molecule has 0 saturated heterocycles. The molecule has 0 aliphatic carbocycles. The standard InChI is InChI=1S/C25H21N5O3S.C20H21N3O2S.C6H5BrN2O2.C6H7N3O2/c1-14-7-8-17(29-22(32)15-5-4-6-16(11-15)25(2,3)13-26)12-18(14)30-23(33)21-20(31)19-24(34-21)28-10-9-27-19;1-13-7-8-16(10-17(13)23-18(24)11-26)22-19(25)14-5-4-6-15(9-14)20(2,3)12-21;2*1-11-6(10)4-5(7)9-3-2-8-4/h4-12,21H,1-3H3,(H,29,32)(H,30,33);4-10,26H,11H2,1-3H3,(H,22,25)(H,23,24);2-3H,1H3;2-3H,1H3,(H2,7,9). The van der Waals surface area contributed by atoms with Gasteiger partial charge in [0.2, 0.25) is 17.6 Å². The van der Waals surface area contributed by atoms with Crippen LogP contribution in [0.25, 0.3) is 0 Å². The summed E-state index contributed by atoms with van der Waals surface area (Å²) in [4.78, 5) is 107. The first-order chi connectivity index (χ1) is 39.0. The number of ketones is 1. The van der Waals surface area contributed by atoms with E-state index in [1.54, 1.807) is 94.4 Å². The van der Waals surface area contributed by atoms with Crippen LogP contribution in [0.3, 0.4) is 0 Å². The zero-order valence-electron chi connectivity index (χ0n) is 45.4. The summed E-state index contributed by atoms with van der Waals surface area (Å²) >= 11 is 8.08. The number of nitrogen functional groups attached to an aromatic ring is 1. The fourth-order valence-electron chi connectivity index (χ4n) is 6.89. The number of aromatic nitrogens is 6. The molecule has 0 bridgehead atoms. The first-order valence-corrected chi connectivity index (χ1v) is 26.6. The number of rotatable bonds is 12. The smallest absolute Gasteiger partial charge is 0.360 e. The predicted octanol–water partition coefficient (Wildman–Crippen LogP) is 8.92. The Hall–Kier alpha value is -9.43. The summed E-state index contributed by atoms with van der Waals surface area (Å²) in [6.07, 6.45) is 8.59. The molecule has 0 saturated carbocycles. The van der Waals surface area contributed by atoms with Gasteiger partial charge < -0.3 is 36.5 Å². The molecule has 420 valence electrons. The zero-order valence-corrected chi connectivity index (χ0v) is 48.7. The van der Waals surface area contributed by atoms with Gasteiger partial charge in [0, 0.05) is 71.1 Å². The molecular formula is C57H54BrN13O9S2. The maximum absolute atomic E-state index is 12.8. The van der Waals surface area contributed by atoms with Crippen molar-refractivity contribution in [3.05, 3.63) is 177 Å². The summed E-state index contributed by atoms with van der Waals surface area (Å²) < 4.78 is 9.24. The van der Waals surface area contributed by atoms with Crippen molar-refractivity contribution in [2.24, 2.45) is 0 Å². The lowest BCUT2D eigenvalue weighted by Gasteiger charge is -2.17. The maximum Gasteiger partial charge on any atom is 0.360 e. The topological polar surface area (TPSA) is 337 Å². The molecule has 4 aromatic carbocycles. The van der Waals surface area contributed by atoms with Gasteiger partial charge in [0.25, 0.3) is 11.8 Å². The average molecular weight is 1210 g/mol. The minimum absolute atomic E-state index is 0.0509. The van der Waals surface area contributed by atoms with Gasteiger partial charge in [0.1, 0.15) is 15.3 Å². The molecule has 1 aliphatic rings. The molecule has 0 spiro atoms. The van der Waals surface area contributed by atoms with Crippen molar-refractivity contribution in [3.8, 4) is 12.1 Å². The Morgan fingerprint density at radius 3 is 1.59 bits per heavy atom. The lowest BCUT2D eigenvalue weighted by molar-refractivity contribution is -0.115. The molecule has 1 atom stereocenters. The number of halogens is 1. The second kappa shape index (κ2) is 29.2. The lowest BCUT2D eigenvalue weighted by atomic mass is 9.85. The van der Waals surface area contributed by atoms with E-state index in [9.17, 15) is 44.1 Å². The van der Waals surface area contributed by atoms with Crippen molar-refractivity contribution in [2.45, 2.75) is 62.6 Å². The number of anilines is 5. The number of ether oxygens (including phenoxy) is 2. The van der Waals surface area contributed by atoms with E-state index < -0.39 is 33.9 Å². The Bertz CT molecular complexity index is 3590. The number of Topliss-reactive ketones (excluding diaryl/α,β-unsaturated/α-hetero) is 1. The van der Waals surface area contributed by atoms with Crippen LogP contribution in [0.5, 0.6) is 0 Å². The van der Waals surface area contributed by atoms with Gasteiger partial charge in [0.15, 0.2) is 22.5 Å². The van der Waals surface area contributed by atoms with E-state index in [1.165, 1.54) is 51.4 Å². The minimum atomic E-state index is -0.971. The molecule has 4 amide bonds. The quantitative estimate of drug-likeness (QED) is 0.0377. The molecule has 6 N–H and O–H groups in total. The third-order valence-corrected chi connectivity index (χ3v) is 13.7. The largest absolute Gasteiger partial charge is 0.464 e. The molecule has 0 fully saturated rings. The zero-order chi connectivity index (χ0) is 60.3. The number of hydrogen-bond donors (Lipinski definition) is 6. The molecule has 1 unspecified atom stereocenters. The molecule has 0 radical (unpaired) electrons. The normalized spacial score (nSPS) is 12.0. The number of amides is 4. The van der Waals surface area contributed by atoms with Crippen LogP contribution in [-0.2, 0) is 29.9 Å². The summed E-state index contributed by atoms with van der Waals surface area (Å²) in [7, 11) is 2.56. The monoisotopic (exact) mass is 1210 g/mol. The number of thioether (sulfide) groups is 1. The number of nitrogens with two attached hydrogens (primary N) is 1. The molecule has 8 rings (SSSR count). The fraction of sp³-hybridized carbons (Fsp3) is 0.211. The number of nitrogens with one attached hydrogen (secondary N) is 4. The first-order valence-electron chi connectivity index (χ1n) is 24.3. The van der Waals surface area contributed by atoms with Gasteiger partial charge in [-0.25, -0.2) is 39.5 Å². The number of fused-ring (bicyclic) bond motifs is 1. The highest BCUT2D eigenvalue weighted by Gasteiger charge is 2.39. The Kier molecular flexibility index (Phi) is 22.5. The van der Waals surface area contributed by atoms with E-state index in [-0.39, 0.29) is 52.2 Å². The maximum atomic E-state index is 12.8. The number of esters is 2. The number of carbonyl (C=O) groups excluding carboxylic acids is 7. The van der Waals surface area contributed by atoms with E-state index in [4.69, 9.17) is 5.73 Å². The average Bonchev–Trinajstić information content (AvgIpc) is 4.08. The molecule has 25 heteroatoms. The number of aryl methyl sites for hydroxylation is 2. The Morgan fingerprint density at radius 2 is 1.11 bits per heavy atom. The van der Waals surface area contributed by atoms with Crippen LogP contribution >= 0.6 is 40.3 Å². The highest BCUT2D eigenvalue weighted by Crippen LogP contribution is 2.35. The second-order valence-electron chi connectivity index (χ2n) is 18.3. The van der Waals surface area contributed by atoms with E-state index in [0.29, 0.717) is 43.5 Å². The van der Waals surface area contributed by atoms with Crippen LogP contribution in [0.15, 0.2) is 132 Å².